The number of hydrogen-bond donors (Lipinski definition) is 3. The topological polar surface area (TPSA) is 80.0 Å². The summed E-state index contributed by atoms with van der Waals surface area (Å²) in [6.07, 6.45) is -0.351. The number of amides is 1. The van der Waals surface area contributed by atoms with Gasteiger partial charge in [-0.1, -0.05) is 41.9 Å². The van der Waals surface area contributed by atoms with E-state index in [4.69, 9.17) is 17.3 Å². The Morgan fingerprint density at radius 2 is 1.79 bits per heavy atom. The summed E-state index contributed by atoms with van der Waals surface area (Å²) in [5.74, 6) is -4.15. The summed E-state index contributed by atoms with van der Waals surface area (Å²) in [6.45, 7) is 3.00. The van der Waals surface area contributed by atoms with E-state index < -0.39 is 24.2 Å². The quantitative estimate of drug-likeness (QED) is 0.369. The lowest BCUT2D eigenvalue weighted by atomic mass is 10.1. The highest BCUT2D eigenvalue weighted by Crippen LogP contribution is 2.31. The lowest BCUT2D eigenvalue weighted by Gasteiger charge is -2.19. The number of nitrogens with one attached hydrogen (secondary N) is 2. The molecule has 1 aromatic heterocycles. The standard InChI is InChI=1S/C24H24ClF3N4O.ClH/c1-14-10-21(29)32-15(2)18(14)12-30-22(33)11-17-19(25)8-9-20(23(17)26)31-13-24(27,28)16-6-4-3-5-7-16;/h3-10,31H,11-13H2,1-2H3,(H2,29,32)(H,30,33);1H. The van der Waals surface area contributed by atoms with Gasteiger partial charge in [-0.2, -0.15) is 8.78 Å². The molecule has 4 N–H and O–H groups in total. The third-order valence-corrected chi connectivity index (χ3v) is 5.61. The van der Waals surface area contributed by atoms with Gasteiger partial charge in [0.25, 0.3) is 5.92 Å². The van der Waals surface area contributed by atoms with Gasteiger partial charge in [-0.3, -0.25) is 4.79 Å². The Labute approximate surface area is 207 Å². The van der Waals surface area contributed by atoms with E-state index in [1.165, 1.54) is 36.4 Å². The van der Waals surface area contributed by atoms with Crippen molar-refractivity contribution in [2.75, 3.05) is 17.6 Å². The lowest BCUT2D eigenvalue weighted by molar-refractivity contribution is -0.120. The Morgan fingerprint density at radius 3 is 2.44 bits per heavy atom. The molecule has 0 fully saturated rings. The first-order valence-electron chi connectivity index (χ1n) is 10.2. The van der Waals surface area contributed by atoms with Crippen molar-refractivity contribution in [3.05, 3.63) is 87.3 Å². The third kappa shape index (κ3) is 6.55. The van der Waals surface area contributed by atoms with Crippen LogP contribution in [0.25, 0.3) is 0 Å². The van der Waals surface area contributed by atoms with E-state index in [0.29, 0.717) is 11.5 Å². The Bertz CT molecular complexity index is 1140. The van der Waals surface area contributed by atoms with Crippen LogP contribution in [0.2, 0.25) is 5.02 Å². The maximum atomic E-state index is 15.0. The van der Waals surface area contributed by atoms with Crippen LogP contribution in [-0.4, -0.2) is 17.4 Å². The van der Waals surface area contributed by atoms with Crippen LogP contribution in [0.4, 0.5) is 24.7 Å². The molecule has 34 heavy (non-hydrogen) atoms. The fraction of sp³-hybridized carbons (Fsp3) is 0.250. The summed E-state index contributed by atoms with van der Waals surface area (Å²) in [4.78, 5) is 16.6. The van der Waals surface area contributed by atoms with Crippen molar-refractivity contribution in [1.29, 1.82) is 0 Å². The number of nitrogen functional groups attached to an aromatic ring is 1. The van der Waals surface area contributed by atoms with Gasteiger partial charge < -0.3 is 16.4 Å². The second-order valence-electron chi connectivity index (χ2n) is 7.69. The zero-order valence-electron chi connectivity index (χ0n) is 18.6. The highest BCUT2D eigenvalue weighted by molar-refractivity contribution is 6.31. The van der Waals surface area contributed by atoms with E-state index in [1.807, 2.05) is 6.92 Å². The predicted octanol–water partition coefficient (Wildman–Crippen LogP) is 5.56. The van der Waals surface area contributed by atoms with Crippen molar-refractivity contribution < 1.29 is 18.0 Å². The molecule has 0 bridgehead atoms. The predicted molar refractivity (Wildman–Crippen MR) is 131 cm³/mol. The van der Waals surface area contributed by atoms with Crippen molar-refractivity contribution in [2.24, 2.45) is 0 Å². The molecule has 2 aromatic carbocycles. The average molecular weight is 513 g/mol. The molecule has 0 atom stereocenters. The minimum Gasteiger partial charge on any atom is -0.384 e. The van der Waals surface area contributed by atoms with Crippen molar-refractivity contribution >= 4 is 41.4 Å². The number of nitrogens with zero attached hydrogens (tertiary/aromatic N) is 1. The number of halogens is 5. The highest BCUT2D eigenvalue weighted by atomic mass is 35.5. The van der Waals surface area contributed by atoms with Gasteiger partial charge in [0, 0.05) is 28.4 Å². The van der Waals surface area contributed by atoms with Gasteiger partial charge in [-0.05, 0) is 43.2 Å². The zero-order valence-corrected chi connectivity index (χ0v) is 20.2. The normalized spacial score (nSPS) is 11.0. The molecule has 0 saturated heterocycles. The minimum absolute atomic E-state index is 0. The van der Waals surface area contributed by atoms with Gasteiger partial charge in [0.05, 0.1) is 18.7 Å². The van der Waals surface area contributed by atoms with Gasteiger partial charge in [-0.15, -0.1) is 12.4 Å². The lowest BCUT2D eigenvalue weighted by Crippen LogP contribution is -2.27. The fourth-order valence-electron chi connectivity index (χ4n) is 3.45. The molecule has 1 amide bonds. The maximum Gasteiger partial charge on any atom is 0.290 e. The molecule has 0 aliphatic rings. The van der Waals surface area contributed by atoms with E-state index >= 15 is 4.39 Å². The molecule has 3 aromatic rings. The van der Waals surface area contributed by atoms with Gasteiger partial charge >= 0.3 is 0 Å². The summed E-state index contributed by atoms with van der Waals surface area (Å²) in [5.41, 5.74) is 7.65. The van der Waals surface area contributed by atoms with Crippen LogP contribution in [0.1, 0.15) is 27.9 Å². The smallest absolute Gasteiger partial charge is 0.290 e. The number of nitrogens with two attached hydrogens (primary N) is 1. The number of rotatable bonds is 8. The van der Waals surface area contributed by atoms with Gasteiger partial charge in [-0.25, -0.2) is 9.37 Å². The van der Waals surface area contributed by atoms with E-state index in [2.05, 4.69) is 15.6 Å². The number of aromatic nitrogens is 1. The summed E-state index contributed by atoms with van der Waals surface area (Å²) in [5, 5.41) is 5.18. The van der Waals surface area contributed by atoms with E-state index in [1.54, 1.807) is 19.1 Å². The molecule has 3 rings (SSSR count). The Balaban J connectivity index is 0.00000408. The molecular weight excluding hydrogens is 488 g/mol. The first-order chi connectivity index (χ1) is 15.6. The molecule has 0 saturated carbocycles. The molecule has 0 aliphatic heterocycles. The van der Waals surface area contributed by atoms with Crippen LogP contribution in [0.3, 0.4) is 0 Å². The molecular formula is C24H25Cl2F3N4O. The van der Waals surface area contributed by atoms with Gasteiger partial charge in [0.15, 0.2) is 5.82 Å². The summed E-state index contributed by atoms with van der Waals surface area (Å²) < 4.78 is 43.9. The van der Waals surface area contributed by atoms with Gasteiger partial charge in [0.1, 0.15) is 5.82 Å². The van der Waals surface area contributed by atoms with Gasteiger partial charge in [0.2, 0.25) is 5.91 Å². The first-order valence-corrected chi connectivity index (χ1v) is 10.6. The third-order valence-electron chi connectivity index (χ3n) is 5.26. The van der Waals surface area contributed by atoms with Crippen molar-refractivity contribution in [1.82, 2.24) is 10.3 Å². The summed E-state index contributed by atoms with van der Waals surface area (Å²) in [7, 11) is 0. The van der Waals surface area contributed by atoms with Crippen LogP contribution in [0.15, 0.2) is 48.5 Å². The highest BCUT2D eigenvalue weighted by Gasteiger charge is 2.31. The molecule has 0 radical (unpaired) electrons. The van der Waals surface area contributed by atoms with Crippen LogP contribution in [0.5, 0.6) is 0 Å². The van der Waals surface area contributed by atoms with Crippen molar-refractivity contribution in [2.45, 2.75) is 32.7 Å². The number of alkyl halides is 2. The molecule has 182 valence electrons. The van der Waals surface area contributed by atoms with Crippen LogP contribution < -0.4 is 16.4 Å². The number of benzene rings is 2. The zero-order chi connectivity index (χ0) is 24.2. The Kier molecular flexibility index (Phi) is 9.18. The molecule has 0 aliphatic carbocycles. The van der Waals surface area contributed by atoms with E-state index in [9.17, 15) is 13.6 Å². The van der Waals surface area contributed by atoms with E-state index in [-0.39, 0.29) is 47.2 Å². The van der Waals surface area contributed by atoms with E-state index in [0.717, 1.165) is 11.1 Å². The number of anilines is 2. The van der Waals surface area contributed by atoms with Crippen molar-refractivity contribution in [3.8, 4) is 0 Å². The van der Waals surface area contributed by atoms with Crippen molar-refractivity contribution in [3.63, 3.8) is 0 Å². The first kappa shape index (κ1) is 27.3. The van der Waals surface area contributed by atoms with Crippen LogP contribution >= 0.6 is 24.0 Å². The fourth-order valence-corrected chi connectivity index (χ4v) is 3.66. The molecule has 0 unspecified atom stereocenters. The molecule has 0 spiro atoms. The summed E-state index contributed by atoms with van der Waals surface area (Å²) >= 11 is 6.10. The number of carbonyl (C=O) groups excluding carboxylic acids is 1. The van der Waals surface area contributed by atoms with Crippen LogP contribution in [-0.2, 0) is 23.7 Å². The second-order valence-corrected chi connectivity index (χ2v) is 8.10. The maximum absolute atomic E-state index is 15.0. The molecule has 5 nitrogen and oxygen atoms in total. The second kappa shape index (κ2) is 11.4. The Hall–Kier alpha value is -2.97. The minimum atomic E-state index is -3.21. The average Bonchev–Trinajstić information content (AvgIpc) is 2.76. The number of carbonyl (C=O) groups is 1. The SMILES string of the molecule is Cc1cc(N)nc(C)c1CNC(=O)Cc1c(Cl)ccc(NCC(F)(F)c2ccccc2)c1F.Cl. The monoisotopic (exact) mass is 512 g/mol. The Morgan fingerprint density at radius 1 is 1.12 bits per heavy atom. The number of aryl methyl sites for hydroxylation is 2. The number of pyridine rings is 1. The van der Waals surface area contributed by atoms with Crippen LogP contribution in [0, 0.1) is 19.7 Å². The summed E-state index contributed by atoms with van der Waals surface area (Å²) in [6, 6.07) is 11.6. The molecule has 1 heterocycles. The molecule has 10 heteroatoms. The number of hydrogen-bond acceptors (Lipinski definition) is 4. The largest absolute Gasteiger partial charge is 0.384 e.